The lowest BCUT2D eigenvalue weighted by Crippen LogP contribution is -2.39. The Morgan fingerprint density at radius 2 is 1.68 bits per heavy atom. The lowest BCUT2D eigenvalue weighted by molar-refractivity contribution is -0.133. The van der Waals surface area contributed by atoms with Crippen molar-refractivity contribution in [2.45, 2.75) is 19.4 Å². The molecule has 2 amide bonds. The second-order valence-electron chi connectivity index (χ2n) is 6.82. The van der Waals surface area contributed by atoms with E-state index in [2.05, 4.69) is 5.32 Å². The standard InChI is InChI=1S/C23H23ClN2O2/c1-16(17-10-12-20(24)13-11-17)26(2)23(28)15-25-22(27)14-19-8-5-7-18-6-3-4-9-21(18)19/h3-13,16H,14-15H2,1-2H3,(H,25,27). The zero-order chi connectivity index (χ0) is 20.1. The van der Waals surface area contributed by atoms with Gasteiger partial charge >= 0.3 is 0 Å². The number of nitrogens with zero attached hydrogens (tertiary/aromatic N) is 1. The van der Waals surface area contributed by atoms with E-state index >= 15 is 0 Å². The molecule has 0 aliphatic heterocycles. The van der Waals surface area contributed by atoms with Crippen molar-refractivity contribution >= 4 is 34.2 Å². The number of fused-ring (bicyclic) bond motifs is 1. The van der Waals surface area contributed by atoms with Crippen molar-refractivity contribution in [3.05, 3.63) is 82.9 Å². The predicted octanol–water partition coefficient (Wildman–Crippen LogP) is 4.37. The molecule has 1 atom stereocenters. The fraction of sp³-hybridized carbons (Fsp3) is 0.217. The second-order valence-corrected chi connectivity index (χ2v) is 7.26. The Bertz CT molecular complexity index is 980. The molecule has 0 saturated carbocycles. The van der Waals surface area contributed by atoms with Crippen LogP contribution in [0.3, 0.4) is 0 Å². The SMILES string of the molecule is CC(c1ccc(Cl)cc1)N(C)C(=O)CNC(=O)Cc1cccc2ccccc12. The van der Waals surface area contributed by atoms with Crippen LogP contribution in [-0.4, -0.2) is 30.3 Å². The molecule has 0 saturated heterocycles. The van der Waals surface area contributed by atoms with Crippen LogP contribution < -0.4 is 5.32 Å². The van der Waals surface area contributed by atoms with Crippen LogP contribution >= 0.6 is 11.6 Å². The van der Waals surface area contributed by atoms with Gasteiger partial charge in [0.05, 0.1) is 19.0 Å². The van der Waals surface area contributed by atoms with Crippen molar-refractivity contribution in [2.24, 2.45) is 0 Å². The van der Waals surface area contributed by atoms with Crippen LogP contribution in [0.1, 0.15) is 24.1 Å². The Labute approximate surface area is 170 Å². The largest absolute Gasteiger partial charge is 0.347 e. The van der Waals surface area contributed by atoms with Gasteiger partial charge in [-0.2, -0.15) is 0 Å². The highest BCUT2D eigenvalue weighted by molar-refractivity contribution is 6.30. The predicted molar refractivity (Wildman–Crippen MR) is 113 cm³/mol. The first-order chi connectivity index (χ1) is 13.5. The quantitative estimate of drug-likeness (QED) is 0.674. The van der Waals surface area contributed by atoms with Crippen LogP contribution in [0.15, 0.2) is 66.7 Å². The van der Waals surface area contributed by atoms with Crippen LogP contribution in [0.5, 0.6) is 0 Å². The molecule has 144 valence electrons. The molecule has 0 spiro atoms. The minimum atomic E-state index is -0.169. The van der Waals surface area contributed by atoms with Crippen molar-refractivity contribution in [1.82, 2.24) is 10.2 Å². The average molecular weight is 395 g/mol. The number of nitrogens with one attached hydrogen (secondary N) is 1. The van der Waals surface area contributed by atoms with E-state index in [-0.39, 0.29) is 30.8 Å². The van der Waals surface area contributed by atoms with Crippen molar-refractivity contribution in [2.75, 3.05) is 13.6 Å². The number of hydrogen-bond acceptors (Lipinski definition) is 2. The third-order valence-electron chi connectivity index (χ3n) is 4.99. The normalized spacial score (nSPS) is 11.8. The van der Waals surface area contributed by atoms with Crippen molar-refractivity contribution in [1.29, 1.82) is 0 Å². The van der Waals surface area contributed by atoms with E-state index in [1.165, 1.54) is 0 Å². The third kappa shape index (κ3) is 4.70. The first-order valence-electron chi connectivity index (χ1n) is 9.20. The number of carbonyl (C=O) groups is 2. The summed E-state index contributed by atoms with van der Waals surface area (Å²) in [6.45, 7) is 1.91. The smallest absolute Gasteiger partial charge is 0.242 e. The van der Waals surface area contributed by atoms with E-state index in [1.807, 2.05) is 61.5 Å². The van der Waals surface area contributed by atoms with Gasteiger partial charge in [0.2, 0.25) is 11.8 Å². The molecule has 0 aliphatic rings. The van der Waals surface area contributed by atoms with Gasteiger partial charge in [-0.05, 0) is 41.0 Å². The summed E-state index contributed by atoms with van der Waals surface area (Å²) in [5.41, 5.74) is 1.94. The number of amides is 2. The van der Waals surface area contributed by atoms with Crippen molar-refractivity contribution in [3.8, 4) is 0 Å². The fourth-order valence-electron chi connectivity index (χ4n) is 3.16. The molecule has 0 heterocycles. The summed E-state index contributed by atoms with van der Waals surface area (Å²) >= 11 is 5.92. The summed E-state index contributed by atoms with van der Waals surface area (Å²) in [6, 6.07) is 21.2. The van der Waals surface area contributed by atoms with E-state index in [4.69, 9.17) is 11.6 Å². The number of likely N-dealkylation sites (N-methyl/N-ethyl adjacent to an activating group) is 1. The maximum Gasteiger partial charge on any atom is 0.242 e. The molecule has 3 aromatic carbocycles. The van der Waals surface area contributed by atoms with E-state index in [0.29, 0.717) is 5.02 Å². The lowest BCUT2D eigenvalue weighted by Gasteiger charge is -2.25. The molecule has 1 unspecified atom stereocenters. The van der Waals surface area contributed by atoms with Gasteiger partial charge in [0.15, 0.2) is 0 Å². The van der Waals surface area contributed by atoms with Crippen LogP contribution in [-0.2, 0) is 16.0 Å². The lowest BCUT2D eigenvalue weighted by atomic mass is 10.0. The van der Waals surface area contributed by atoms with Gasteiger partial charge in [-0.15, -0.1) is 0 Å². The van der Waals surface area contributed by atoms with E-state index in [1.54, 1.807) is 24.1 Å². The van der Waals surface area contributed by atoms with Gasteiger partial charge < -0.3 is 10.2 Å². The second kappa shape index (κ2) is 8.89. The van der Waals surface area contributed by atoms with Crippen LogP contribution in [0, 0.1) is 0 Å². The number of rotatable bonds is 6. The van der Waals surface area contributed by atoms with Crippen LogP contribution in [0.2, 0.25) is 5.02 Å². The van der Waals surface area contributed by atoms with Crippen LogP contribution in [0.25, 0.3) is 10.8 Å². The summed E-state index contributed by atoms with van der Waals surface area (Å²) in [6.07, 6.45) is 0.241. The third-order valence-corrected chi connectivity index (χ3v) is 5.25. The Balaban J connectivity index is 1.57. The van der Waals surface area contributed by atoms with E-state index < -0.39 is 0 Å². The van der Waals surface area contributed by atoms with Gasteiger partial charge in [0.25, 0.3) is 0 Å². The molecule has 0 aliphatic carbocycles. The molecule has 5 heteroatoms. The molecular weight excluding hydrogens is 372 g/mol. The topological polar surface area (TPSA) is 49.4 Å². The molecule has 0 bridgehead atoms. The Morgan fingerprint density at radius 1 is 1.00 bits per heavy atom. The maximum atomic E-state index is 12.5. The van der Waals surface area contributed by atoms with Gasteiger partial charge in [0, 0.05) is 12.1 Å². The molecule has 0 fully saturated rings. The van der Waals surface area contributed by atoms with E-state index in [9.17, 15) is 9.59 Å². The molecule has 4 nitrogen and oxygen atoms in total. The molecule has 28 heavy (non-hydrogen) atoms. The average Bonchev–Trinajstić information content (AvgIpc) is 2.72. The molecular formula is C23H23ClN2O2. The van der Waals surface area contributed by atoms with Gasteiger partial charge in [-0.3, -0.25) is 9.59 Å². The first-order valence-corrected chi connectivity index (χ1v) is 9.58. The van der Waals surface area contributed by atoms with Gasteiger partial charge in [-0.1, -0.05) is 66.2 Å². The minimum absolute atomic E-state index is 0.0297. The number of carbonyl (C=O) groups excluding carboxylic acids is 2. The molecule has 3 rings (SSSR count). The number of benzene rings is 3. The van der Waals surface area contributed by atoms with Crippen LogP contribution in [0.4, 0.5) is 0 Å². The van der Waals surface area contributed by atoms with Gasteiger partial charge in [-0.25, -0.2) is 0 Å². The highest BCUT2D eigenvalue weighted by atomic mass is 35.5. The highest BCUT2D eigenvalue weighted by Crippen LogP contribution is 2.21. The summed E-state index contributed by atoms with van der Waals surface area (Å²) in [4.78, 5) is 26.5. The zero-order valence-electron chi connectivity index (χ0n) is 16.0. The first kappa shape index (κ1) is 19.9. The molecule has 1 N–H and O–H groups in total. The molecule has 0 radical (unpaired) electrons. The monoisotopic (exact) mass is 394 g/mol. The fourth-order valence-corrected chi connectivity index (χ4v) is 3.29. The van der Waals surface area contributed by atoms with Gasteiger partial charge in [0.1, 0.15) is 0 Å². The zero-order valence-corrected chi connectivity index (χ0v) is 16.7. The summed E-state index contributed by atoms with van der Waals surface area (Å²) < 4.78 is 0. The van der Waals surface area contributed by atoms with Crippen molar-refractivity contribution < 1.29 is 9.59 Å². The Kier molecular flexibility index (Phi) is 6.32. The highest BCUT2D eigenvalue weighted by Gasteiger charge is 2.18. The summed E-state index contributed by atoms with van der Waals surface area (Å²) in [5.74, 6) is -0.314. The number of hydrogen-bond donors (Lipinski definition) is 1. The molecule has 0 aromatic heterocycles. The number of halogens is 1. The minimum Gasteiger partial charge on any atom is -0.347 e. The summed E-state index contributed by atoms with van der Waals surface area (Å²) in [7, 11) is 1.73. The Hall–Kier alpha value is -2.85. The molecule has 3 aromatic rings. The maximum absolute atomic E-state index is 12.5. The Morgan fingerprint density at radius 3 is 2.43 bits per heavy atom. The van der Waals surface area contributed by atoms with Crippen molar-refractivity contribution in [3.63, 3.8) is 0 Å². The summed E-state index contributed by atoms with van der Waals surface area (Å²) in [5, 5.41) is 5.55. The van der Waals surface area contributed by atoms with E-state index in [0.717, 1.165) is 21.9 Å².